The number of ether oxygens (including phenoxy) is 1. The van der Waals surface area contributed by atoms with E-state index < -0.39 is 5.97 Å². The number of rotatable bonds is 8. The van der Waals surface area contributed by atoms with Crippen LogP contribution in [0.4, 0.5) is 11.5 Å². The van der Waals surface area contributed by atoms with Gasteiger partial charge in [0.2, 0.25) is 5.69 Å². The molecule has 1 atom stereocenters. The van der Waals surface area contributed by atoms with E-state index in [0.717, 1.165) is 32.6 Å². The minimum Gasteiger partial charge on any atom is -0.461 e. The lowest BCUT2D eigenvalue weighted by Gasteiger charge is -2.41. The quantitative estimate of drug-likeness (QED) is 0.407. The predicted molar refractivity (Wildman–Crippen MR) is 128 cm³/mol. The predicted octanol–water partition coefficient (Wildman–Crippen LogP) is 3.42. The number of nitrogens with zero attached hydrogens (tertiary/aromatic N) is 5. The lowest BCUT2D eigenvalue weighted by molar-refractivity contribution is 0.0517. The van der Waals surface area contributed by atoms with Crippen LogP contribution in [0.1, 0.15) is 42.1 Å². The normalized spacial score (nSPS) is 16.8. The first-order valence-corrected chi connectivity index (χ1v) is 11.6. The highest BCUT2D eigenvalue weighted by atomic mass is 16.5. The van der Waals surface area contributed by atoms with Crippen molar-refractivity contribution in [1.29, 1.82) is 0 Å². The van der Waals surface area contributed by atoms with E-state index in [4.69, 9.17) is 9.26 Å². The molecule has 3 heterocycles. The van der Waals surface area contributed by atoms with Gasteiger partial charge in [-0.15, -0.1) is 0 Å². The molecule has 1 saturated heterocycles. The zero-order valence-electron chi connectivity index (χ0n) is 19.8. The molecule has 0 spiro atoms. The van der Waals surface area contributed by atoms with Gasteiger partial charge in [0.1, 0.15) is 17.0 Å². The average Bonchev–Trinajstić information content (AvgIpc) is 3.21. The maximum absolute atomic E-state index is 12.2. The molecule has 3 aromatic rings. The second kappa shape index (κ2) is 10.2. The van der Waals surface area contributed by atoms with Gasteiger partial charge >= 0.3 is 5.97 Å². The summed E-state index contributed by atoms with van der Waals surface area (Å²) in [4.78, 5) is 25.9. The van der Waals surface area contributed by atoms with Crippen molar-refractivity contribution in [2.75, 3.05) is 49.5 Å². The second-order valence-corrected chi connectivity index (χ2v) is 8.51. The van der Waals surface area contributed by atoms with E-state index in [1.54, 1.807) is 13.8 Å². The van der Waals surface area contributed by atoms with E-state index in [1.807, 2.05) is 0 Å². The van der Waals surface area contributed by atoms with Crippen LogP contribution in [0.3, 0.4) is 0 Å². The lowest BCUT2D eigenvalue weighted by atomic mass is 10.1. The average molecular weight is 453 g/mol. The van der Waals surface area contributed by atoms with Crippen LogP contribution < -0.4 is 10.2 Å². The Morgan fingerprint density at radius 2 is 2.12 bits per heavy atom. The Morgan fingerprint density at radius 3 is 2.88 bits per heavy atom. The molecular formula is C24H32N6O3. The number of piperazine rings is 1. The summed E-state index contributed by atoms with van der Waals surface area (Å²) in [6.07, 6.45) is 0.946. The molecule has 0 amide bonds. The van der Waals surface area contributed by atoms with Crippen molar-refractivity contribution < 1.29 is 14.1 Å². The third-order valence-corrected chi connectivity index (χ3v) is 5.91. The molecule has 0 bridgehead atoms. The Balaban J connectivity index is 1.33. The Bertz CT molecular complexity index is 1110. The highest BCUT2D eigenvalue weighted by molar-refractivity contribution is 6.04. The van der Waals surface area contributed by atoms with E-state index in [1.165, 1.54) is 11.3 Å². The van der Waals surface area contributed by atoms with E-state index in [-0.39, 0.29) is 18.0 Å². The molecule has 9 nitrogen and oxygen atoms in total. The van der Waals surface area contributed by atoms with Crippen LogP contribution in [0.5, 0.6) is 0 Å². The number of nitrogens with one attached hydrogen (secondary N) is 1. The van der Waals surface area contributed by atoms with E-state index in [9.17, 15) is 4.79 Å². The number of hydrogen-bond acceptors (Lipinski definition) is 9. The second-order valence-electron chi connectivity index (χ2n) is 8.51. The molecular weight excluding hydrogens is 420 g/mol. The van der Waals surface area contributed by atoms with Gasteiger partial charge in [-0.25, -0.2) is 9.78 Å². The van der Waals surface area contributed by atoms with Gasteiger partial charge in [0, 0.05) is 37.9 Å². The van der Waals surface area contributed by atoms with Gasteiger partial charge in [-0.1, -0.05) is 17.3 Å². The van der Waals surface area contributed by atoms with Gasteiger partial charge < -0.3 is 19.5 Å². The maximum atomic E-state index is 12.2. The van der Waals surface area contributed by atoms with Crippen LogP contribution in [0.15, 0.2) is 28.8 Å². The summed E-state index contributed by atoms with van der Waals surface area (Å²) < 4.78 is 10.3. The smallest absolute Gasteiger partial charge is 0.361 e. The third kappa shape index (κ3) is 5.24. The summed E-state index contributed by atoms with van der Waals surface area (Å²) in [5.41, 5.74) is 2.99. The standard InChI is InChI=1S/C24H32N6O3/c1-5-32-24(31)21-20-22(26-18(4)27-23(20)33-28-21)25-10-7-11-29-12-13-30(17(3)15-29)19-9-6-8-16(2)14-19/h6,8-9,14,17H,5,7,10-13,15H2,1-4H3,(H,25,26,27)/t17-/m0/s1. The summed E-state index contributed by atoms with van der Waals surface area (Å²) in [6.45, 7) is 13.0. The minimum atomic E-state index is -0.535. The number of aromatic nitrogens is 3. The molecule has 33 heavy (non-hydrogen) atoms. The lowest BCUT2D eigenvalue weighted by Crippen LogP contribution is -2.52. The Hall–Kier alpha value is -3.20. The maximum Gasteiger partial charge on any atom is 0.361 e. The molecule has 1 aliphatic heterocycles. The van der Waals surface area contributed by atoms with Crippen molar-refractivity contribution in [1.82, 2.24) is 20.0 Å². The summed E-state index contributed by atoms with van der Waals surface area (Å²) in [6, 6.07) is 9.18. The van der Waals surface area contributed by atoms with Gasteiger partial charge in [-0.2, -0.15) is 4.98 Å². The fraction of sp³-hybridized carbons (Fsp3) is 0.500. The number of aryl methyl sites for hydroxylation is 2. The number of carbonyl (C=O) groups is 1. The van der Waals surface area contributed by atoms with E-state index >= 15 is 0 Å². The first-order chi connectivity index (χ1) is 16.0. The molecule has 1 fully saturated rings. The highest BCUT2D eigenvalue weighted by Crippen LogP contribution is 2.25. The molecule has 0 saturated carbocycles. The Kier molecular flexibility index (Phi) is 7.08. The van der Waals surface area contributed by atoms with Crippen LogP contribution in [0.25, 0.3) is 11.1 Å². The van der Waals surface area contributed by atoms with Gasteiger partial charge in [-0.3, -0.25) is 4.90 Å². The molecule has 1 N–H and O–H groups in total. The van der Waals surface area contributed by atoms with Gasteiger partial charge in [0.05, 0.1) is 6.61 Å². The zero-order valence-corrected chi connectivity index (χ0v) is 19.8. The fourth-order valence-electron chi connectivity index (χ4n) is 4.36. The fourth-order valence-corrected chi connectivity index (χ4v) is 4.36. The number of anilines is 2. The van der Waals surface area contributed by atoms with E-state index in [0.29, 0.717) is 29.6 Å². The molecule has 4 rings (SSSR count). The summed E-state index contributed by atoms with van der Waals surface area (Å²) in [5.74, 6) is 0.573. The molecule has 0 aliphatic carbocycles. The first-order valence-electron chi connectivity index (χ1n) is 11.6. The van der Waals surface area contributed by atoms with Gasteiger partial charge in [-0.05, 0) is 58.4 Å². The van der Waals surface area contributed by atoms with Crippen molar-refractivity contribution >= 4 is 28.6 Å². The summed E-state index contributed by atoms with van der Waals surface area (Å²) in [5, 5.41) is 7.68. The number of fused-ring (bicyclic) bond motifs is 1. The third-order valence-electron chi connectivity index (χ3n) is 5.91. The molecule has 1 aliphatic rings. The van der Waals surface area contributed by atoms with Gasteiger partial charge in [0.25, 0.3) is 5.71 Å². The molecule has 2 aromatic heterocycles. The number of benzene rings is 1. The van der Waals surface area contributed by atoms with Crippen molar-refractivity contribution in [3.05, 3.63) is 41.3 Å². The van der Waals surface area contributed by atoms with Crippen molar-refractivity contribution in [2.45, 2.75) is 40.2 Å². The molecule has 0 unspecified atom stereocenters. The molecule has 1 aromatic carbocycles. The minimum absolute atomic E-state index is 0.107. The van der Waals surface area contributed by atoms with Gasteiger partial charge in [0.15, 0.2) is 0 Å². The van der Waals surface area contributed by atoms with Crippen LogP contribution >= 0.6 is 0 Å². The van der Waals surface area contributed by atoms with Crippen LogP contribution in [0, 0.1) is 13.8 Å². The molecule has 0 radical (unpaired) electrons. The highest BCUT2D eigenvalue weighted by Gasteiger charge is 2.25. The van der Waals surface area contributed by atoms with Crippen molar-refractivity contribution in [3.8, 4) is 0 Å². The number of carbonyl (C=O) groups excluding carboxylic acids is 1. The molecule has 176 valence electrons. The monoisotopic (exact) mass is 452 g/mol. The van der Waals surface area contributed by atoms with Crippen LogP contribution in [-0.4, -0.2) is 71.4 Å². The summed E-state index contributed by atoms with van der Waals surface area (Å²) in [7, 11) is 0. The SMILES string of the molecule is CCOC(=O)c1noc2nc(C)nc(NCCCN3CCN(c4cccc(C)c4)[C@@H](C)C3)c12. The first kappa shape index (κ1) is 23.0. The Morgan fingerprint density at radius 1 is 1.27 bits per heavy atom. The summed E-state index contributed by atoms with van der Waals surface area (Å²) >= 11 is 0. The van der Waals surface area contributed by atoms with Crippen LogP contribution in [0.2, 0.25) is 0 Å². The zero-order chi connectivity index (χ0) is 23.4. The number of hydrogen-bond donors (Lipinski definition) is 1. The Labute approximate surface area is 194 Å². The van der Waals surface area contributed by atoms with Crippen molar-refractivity contribution in [2.24, 2.45) is 0 Å². The number of esters is 1. The van der Waals surface area contributed by atoms with Crippen molar-refractivity contribution in [3.63, 3.8) is 0 Å². The molecule has 9 heteroatoms. The largest absolute Gasteiger partial charge is 0.461 e. The van der Waals surface area contributed by atoms with E-state index in [2.05, 4.69) is 68.4 Å². The topological polar surface area (TPSA) is 96.6 Å². The van der Waals surface area contributed by atoms with Crippen LogP contribution in [-0.2, 0) is 4.74 Å².